The maximum atomic E-state index is 13.1. The minimum absolute atomic E-state index is 0.0979. The Bertz CT molecular complexity index is 1070. The number of amides is 1. The molecule has 0 atom stereocenters. The predicted molar refractivity (Wildman–Crippen MR) is 116 cm³/mol. The van der Waals surface area contributed by atoms with Crippen molar-refractivity contribution < 1.29 is 9.18 Å². The van der Waals surface area contributed by atoms with E-state index in [-0.39, 0.29) is 23.0 Å². The van der Waals surface area contributed by atoms with Crippen molar-refractivity contribution in [2.24, 2.45) is 0 Å². The molecule has 4 rings (SSSR count). The number of H-pyrrole nitrogens is 1. The first-order valence-corrected chi connectivity index (χ1v) is 11.4. The molecule has 0 saturated heterocycles. The highest BCUT2D eigenvalue weighted by atomic mass is 32.2. The number of hydrogen-bond donors (Lipinski definition) is 2. The maximum absolute atomic E-state index is 13.1. The number of fused-ring (bicyclic) bond motifs is 1. The number of nitrogens with one attached hydrogen (secondary N) is 2. The third-order valence-corrected chi connectivity index (χ3v) is 6.57. The van der Waals surface area contributed by atoms with Gasteiger partial charge in [-0.1, -0.05) is 30.0 Å². The molecule has 6 nitrogen and oxygen atoms in total. The second-order valence-electron chi connectivity index (χ2n) is 7.03. The molecule has 0 unspecified atom stereocenters. The average molecular weight is 445 g/mol. The van der Waals surface area contributed by atoms with E-state index >= 15 is 0 Å². The lowest BCUT2D eigenvalue weighted by atomic mass is 10.1. The van der Waals surface area contributed by atoms with Crippen LogP contribution >= 0.6 is 23.1 Å². The second-order valence-corrected chi connectivity index (χ2v) is 9.02. The van der Waals surface area contributed by atoms with Crippen LogP contribution in [0, 0.1) is 5.82 Å². The summed E-state index contributed by atoms with van der Waals surface area (Å²) in [5.41, 5.74) is 2.29. The van der Waals surface area contributed by atoms with Gasteiger partial charge in [0, 0.05) is 30.9 Å². The van der Waals surface area contributed by atoms with Crippen LogP contribution in [0.1, 0.15) is 21.7 Å². The standard InChI is InChI=1S/C21H21FN4O2S2/c22-15-5-3-14(4-6-15)11-26-8-7-18-17(12-26)20(28)25-21(24-18)30-13-19(27)23-10-16-2-1-9-29-16/h1-6,9H,7-8,10-13H2,(H,23,27)(H,24,25,28). The lowest BCUT2D eigenvalue weighted by molar-refractivity contribution is -0.118. The van der Waals surface area contributed by atoms with Crippen LogP contribution in [0.4, 0.5) is 4.39 Å². The van der Waals surface area contributed by atoms with E-state index in [1.807, 2.05) is 17.5 Å². The van der Waals surface area contributed by atoms with E-state index in [2.05, 4.69) is 20.2 Å². The normalized spacial score (nSPS) is 13.8. The zero-order valence-electron chi connectivity index (χ0n) is 16.2. The molecule has 1 aromatic carbocycles. The quantitative estimate of drug-likeness (QED) is 0.433. The van der Waals surface area contributed by atoms with Crippen LogP contribution < -0.4 is 10.9 Å². The summed E-state index contributed by atoms with van der Waals surface area (Å²) in [6.45, 7) is 2.43. The van der Waals surface area contributed by atoms with Crippen LogP contribution in [-0.2, 0) is 30.8 Å². The average Bonchev–Trinajstić information content (AvgIpc) is 3.26. The molecule has 2 N–H and O–H groups in total. The Balaban J connectivity index is 1.33. The highest BCUT2D eigenvalue weighted by molar-refractivity contribution is 7.99. The van der Waals surface area contributed by atoms with Gasteiger partial charge >= 0.3 is 0 Å². The van der Waals surface area contributed by atoms with Crippen LogP contribution in [0.25, 0.3) is 0 Å². The first-order valence-electron chi connectivity index (χ1n) is 9.57. The summed E-state index contributed by atoms with van der Waals surface area (Å²) in [7, 11) is 0. The molecule has 3 aromatic rings. The number of rotatable bonds is 7. The molecule has 0 bridgehead atoms. The van der Waals surface area contributed by atoms with Crippen molar-refractivity contribution in [2.75, 3.05) is 12.3 Å². The summed E-state index contributed by atoms with van der Waals surface area (Å²) in [4.78, 5) is 35.2. The van der Waals surface area contributed by atoms with Gasteiger partial charge in [0.15, 0.2) is 5.16 Å². The van der Waals surface area contributed by atoms with Crippen LogP contribution in [0.5, 0.6) is 0 Å². The number of thioether (sulfide) groups is 1. The predicted octanol–water partition coefficient (Wildman–Crippen LogP) is 2.94. The molecular formula is C21H21FN4O2S2. The summed E-state index contributed by atoms with van der Waals surface area (Å²) in [6.07, 6.45) is 0.665. The fraction of sp³-hybridized carbons (Fsp3) is 0.286. The van der Waals surface area contributed by atoms with Crippen molar-refractivity contribution in [3.8, 4) is 0 Å². The number of carbonyl (C=O) groups is 1. The Morgan fingerprint density at radius 1 is 1.30 bits per heavy atom. The molecule has 0 saturated carbocycles. The summed E-state index contributed by atoms with van der Waals surface area (Å²) < 4.78 is 13.1. The van der Waals surface area contributed by atoms with Crippen molar-refractivity contribution in [1.82, 2.24) is 20.2 Å². The third-order valence-electron chi connectivity index (χ3n) is 4.83. The van der Waals surface area contributed by atoms with Crippen LogP contribution in [0.2, 0.25) is 0 Å². The van der Waals surface area contributed by atoms with Gasteiger partial charge in [0.05, 0.1) is 23.6 Å². The number of benzene rings is 1. The van der Waals surface area contributed by atoms with Crippen molar-refractivity contribution >= 4 is 29.0 Å². The third kappa shape index (κ3) is 5.35. The molecule has 1 amide bonds. The number of aromatic nitrogens is 2. The Labute approximate surface area is 181 Å². The van der Waals surface area contributed by atoms with E-state index in [9.17, 15) is 14.0 Å². The van der Waals surface area contributed by atoms with E-state index in [0.29, 0.717) is 36.8 Å². The molecule has 156 valence electrons. The van der Waals surface area contributed by atoms with Crippen LogP contribution in [0.3, 0.4) is 0 Å². The zero-order valence-corrected chi connectivity index (χ0v) is 17.8. The van der Waals surface area contributed by atoms with Gasteiger partial charge < -0.3 is 10.3 Å². The van der Waals surface area contributed by atoms with E-state index < -0.39 is 0 Å². The smallest absolute Gasteiger partial charge is 0.256 e. The van der Waals surface area contributed by atoms with Gasteiger partial charge in [-0.3, -0.25) is 14.5 Å². The van der Waals surface area contributed by atoms with E-state index in [0.717, 1.165) is 22.7 Å². The maximum Gasteiger partial charge on any atom is 0.256 e. The van der Waals surface area contributed by atoms with Crippen LogP contribution in [0.15, 0.2) is 51.7 Å². The fourth-order valence-corrected chi connectivity index (χ4v) is 4.65. The van der Waals surface area contributed by atoms with Gasteiger partial charge in [0.1, 0.15) is 5.82 Å². The highest BCUT2D eigenvalue weighted by Crippen LogP contribution is 2.19. The first-order chi connectivity index (χ1) is 14.6. The van der Waals surface area contributed by atoms with E-state index in [1.165, 1.54) is 23.9 Å². The van der Waals surface area contributed by atoms with Crippen molar-refractivity contribution in [3.05, 3.63) is 79.6 Å². The molecule has 9 heteroatoms. The summed E-state index contributed by atoms with van der Waals surface area (Å²) in [6, 6.07) is 10.3. The summed E-state index contributed by atoms with van der Waals surface area (Å²) in [5, 5.41) is 5.31. The molecular weight excluding hydrogens is 423 g/mol. The van der Waals surface area contributed by atoms with Gasteiger partial charge in [-0.15, -0.1) is 11.3 Å². The summed E-state index contributed by atoms with van der Waals surface area (Å²) >= 11 is 2.83. The number of halogens is 1. The van der Waals surface area contributed by atoms with E-state index in [4.69, 9.17) is 0 Å². The van der Waals surface area contributed by atoms with Gasteiger partial charge in [0.25, 0.3) is 5.56 Å². The number of nitrogens with zero attached hydrogens (tertiary/aromatic N) is 2. The van der Waals surface area contributed by atoms with Gasteiger partial charge in [-0.05, 0) is 29.1 Å². The van der Waals surface area contributed by atoms with Gasteiger partial charge in [-0.2, -0.15) is 0 Å². The first kappa shape index (κ1) is 20.8. The summed E-state index contributed by atoms with van der Waals surface area (Å²) in [5.74, 6) is -0.156. The molecule has 0 radical (unpaired) electrons. The zero-order chi connectivity index (χ0) is 20.9. The highest BCUT2D eigenvalue weighted by Gasteiger charge is 2.21. The molecule has 0 fully saturated rings. The largest absolute Gasteiger partial charge is 0.350 e. The van der Waals surface area contributed by atoms with Gasteiger partial charge in [-0.25, -0.2) is 9.37 Å². The van der Waals surface area contributed by atoms with Crippen molar-refractivity contribution in [2.45, 2.75) is 31.2 Å². The lowest BCUT2D eigenvalue weighted by Crippen LogP contribution is -2.35. The number of thiophene rings is 1. The monoisotopic (exact) mass is 444 g/mol. The van der Waals surface area contributed by atoms with Gasteiger partial charge in [0.2, 0.25) is 5.91 Å². The molecule has 1 aliphatic heterocycles. The Morgan fingerprint density at radius 3 is 2.90 bits per heavy atom. The number of aromatic amines is 1. The Hall–Kier alpha value is -2.49. The minimum atomic E-state index is -0.256. The molecule has 0 aliphatic carbocycles. The number of carbonyl (C=O) groups excluding carboxylic acids is 1. The lowest BCUT2D eigenvalue weighted by Gasteiger charge is -2.27. The van der Waals surface area contributed by atoms with Crippen molar-refractivity contribution in [1.29, 1.82) is 0 Å². The second kappa shape index (κ2) is 9.55. The molecule has 30 heavy (non-hydrogen) atoms. The molecule has 0 spiro atoms. The Kier molecular flexibility index (Phi) is 6.61. The molecule has 2 aromatic heterocycles. The molecule has 3 heterocycles. The minimum Gasteiger partial charge on any atom is -0.350 e. The fourth-order valence-electron chi connectivity index (χ4n) is 3.29. The SMILES string of the molecule is O=C(CSc1nc2c(c(=O)[nH]1)CN(Cc1ccc(F)cc1)CC2)NCc1cccs1. The van der Waals surface area contributed by atoms with Crippen LogP contribution in [-0.4, -0.2) is 33.1 Å². The van der Waals surface area contributed by atoms with E-state index in [1.54, 1.807) is 23.5 Å². The molecule has 1 aliphatic rings. The number of hydrogen-bond acceptors (Lipinski definition) is 6. The Morgan fingerprint density at radius 2 is 2.13 bits per heavy atom. The topological polar surface area (TPSA) is 78.1 Å². The van der Waals surface area contributed by atoms with Crippen molar-refractivity contribution in [3.63, 3.8) is 0 Å².